The smallest absolute Gasteiger partial charge is 0.328 e. The summed E-state index contributed by atoms with van der Waals surface area (Å²) in [4.78, 5) is 22.3. The number of halogens is 1. The van der Waals surface area contributed by atoms with Crippen molar-refractivity contribution in [1.29, 1.82) is 0 Å². The Bertz CT molecular complexity index is 696. The monoisotopic (exact) mass is 285 g/mol. The maximum absolute atomic E-state index is 13.8. The number of benzene rings is 2. The van der Waals surface area contributed by atoms with Crippen molar-refractivity contribution < 1.29 is 19.1 Å². The predicted molar refractivity (Wildman–Crippen MR) is 77.5 cm³/mol. The first-order valence-electron chi connectivity index (χ1n) is 6.13. The lowest BCUT2D eigenvalue weighted by atomic mass is 10.1. The molecule has 0 saturated heterocycles. The van der Waals surface area contributed by atoms with Gasteiger partial charge in [-0.05, 0) is 30.3 Å². The number of carbonyl (C=O) groups is 2. The van der Waals surface area contributed by atoms with Crippen LogP contribution in [0.25, 0.3) is 6.08 Å². The highest BCUT2D eigenvalue weighted by molar-refractivity contribution is 6.04. The minimum Gasteiger partial charge on any atom is -0.478 e. The predicted octanol–water partition coefficient (Wildman–Crippen LogP) is 3.18. The SMILES string of the molecule is O=C(O)C=Cc1ccc(C(=O)Nc2ccccc2)cc1F. The summed E-state index contributed by atoms with van der Waals surface area (Å²) in [6.07, 6.45) is 1.97. The molecule has 0 spiro atoms. The quantitative estimate of drug-likeness (QED) is 0.848. The Hall–Kier alpha value is -2.95. The molecule has 0 heterocycles. The molecule has 4 nitrogen and oxygen atoms in total. The number of carboxylic acid groups (broad SMARTS) is 1. The van der Waals surface area contributed by atoms with Gasteiger partial charge < -0.3 is 10.4 Å². The molecule has 0 radical (unpaired) electrons. The van der Waals surface area contributed by atoms with Crippen LogP contribution >= 0.6 is 0 Å². The fourth-order valence-electron chi connectivity index (χ4n) is 1.69. The molecule has 1 amide bonds. The second-order valence-corrected chi connectivity index (χ2v) is 4.23. The van der Waals surface area contributed by atoms with Crippen molar-refractivity contribution in [3.05, 3.63) is 71.6 Å². The third-order valence-corrected chi connectivity index (χ3v) is 2.70. The molecule has 0 saturated carbocycles. The molecule has 21 heavy (non-hydrogen) atoms. The standard InChI is InChI=1S/C16H12FNO3/c17-14-10-12(7-6-11(14)8-9-15(19)20)16(21)18-13-4-2-1-3-5-13/h1-10H,(H,18,21)(H,19,20). The molecule has 0 atom stereocenters. The first-order valence-corrected chi connectivity index (χ1v) is 6.13. The maximum atomic E-state index is 13.8. The van der Waals surface area contributed by atoms with E-state index in [2.05, 4.69) is 5.32 Å². The Morgan fingerprint density at radius 2 is 1.81 bits per heavy atom. The minimum absolute atomic E-state index is 0.105. The third kappa shape index (κ3) is 4.01. The van der Waals surface area contributed by atoms with Crippen molar-refractivity contribution in [3.8, 4) is 0 Å². The summed E-state index contributed by atoms with van der Waals surface area (Å²) in [5.74, 6) is -2.26. The van der Waals surface area contributed by atoms with Crippen LogP contribution in [-0.4, -0.2) is 17.0 Å². The van der Waals surface area contributed by atoms with E-state index in [9.17, 15) is 14.0 Å². The number of anilines is 1. The lowest BCUT2D eigenvalue weighted by Gasteiger charge is -2.06. The molecular weight excluding hydrogens is 273 g/mol. The molecule has 2 N–H and O–H groups in total. The van der Waals surface area contributed by atoms with Crippen LogP contribution in [0.2, 0.25) is 0 Å². The lowest BCUT2D eigenvalue weighted by Crippen LogP contribution is -2.12. The molecule has 0 fully saturated rings. The highest BCUT2D eigenvalue weighted by Gasteiger charge is 2.09. The molecule has 0 unspecified atom stereocenters. The van der Waals surface area contributed by atoms with Crippen molar-refractivity contribution in [1.82, 2.24) is 0 Å². The molecule has 0 aliphatic heterocycles. The van der Waals surface area contributed by atoms with Gasteiger partial charge in [0.2, 0.25) is 0 Å². The van der Waals surface area contributed by atoms with Gasteiger partial charge in [0.25, 0.3) is 5.91 Å². The van der Waals surface area contributed by atoms with E-state index in [1.807, 2.05) is 6.07 Å². The molecular formula is C16H12FNO3. The molecule has 0 bridgehead atoms. The number of carboxylic acids is 1. The maximum Gasteiger partial charge on any atom is 0.328 e. The highest BCUT2D eigenvalue weighted by atomic mass is 19.1. The van der Waals surface area contributed by atoms with E-state index in [1.54, 1.807) is 24.3 Å². The van der Waals surface area contributed by atoms with E-state index in [4.69, 9.17) is 5.11 Å². The van der Waals surface area contributed by atoms with Crippen LogP contribution in [0.5, 0.6) is 0 Å². The van der Waals surface area contributed by atoms with Crippen molar-refractivity contribution in [2.45, 2.75) is 0 Å². The Morgan fingerprint density at radius 3 is 2.43 bits per heavy atom. The van der Waals surface area contributed by atoms with Crippen molar-refractivity contribution in [3.63, 3.8) is 0 Å². The number of rotatable bonds is 4. The van der Waals surface area contributed by atoms with Crippen LogP contribution in [-0.2, 0) is 4.79 Å². The summed E-state index contributed by atoms with van der Waals surface area (Å²) in [6.45, 7) is 0. The van der Waals surface area contributed by atoms with Gasteiger partial charge in [0.05, 0.1) is 0 Å². The molecule has 2 rings (SSSR count). The van der Waals surface area contributed by atoms with E-state index in [0.717, 1.165) is 18.2 Å². The van der Waals surface area contributed by atoms with E-state index < -0.39 is 17.7 Å². The van der Waals surface area contributed by atoms with Gasteiger partial charge in [-0.3, -0.25) is 4.79 Å². The van der Waals surface area contributed by atoms with E-state index >= 15 is 0 Å². The van der Waals surface area contributed by atoms with Gasteiger partial charge in [0.15, 0.2) is 0 Å². The molecule has 0 aromatic heterocycles. The third-order valence-electron chi connectivity index (χ3n) is 2.70. The summed E-state index contributed by atoms with van der Waals surface area (Å²) in [5, 5.41) is 11.1. The van der Waals surface area contributed by atoms with Gasteiger partial charge in [-0.2, -0.15) is 0 Å². The van der Waals surface area contributed by atoms with Crippen LogP contribution < -0.4 is 5.32 Å². The number of hydrogen-bond acceptors (Lipinski definition) is 2. The highest BCUT2D eigenvalue weighted by Crippen LogP contribution is 2.14. The molecule has 0 aliphatic carbocycles. The van der Waals surface area contributed by atoms with E-state index in [-0.39, 0.29) is 11.1 Å². The molecule has 5 heteroatoms. The topological polar surface area (TPSA) is 66.4 Å². The van der Waals surface area contributed by atoms with Gasteiger partial charge >= 0.3 is 5.97 Å². The number of hydrogen-bond donors (Lipinski definition) is 2. The number of amides is 1. The average Bonchev–Trinajstić information content (AvgIpc) is 2.46. The van der Waals surface area contributed by atoms with Gasteiger partial charge in [-0.25, -0.2) is 9.18 Å². The van der Waals surface area contributed by atoms with Gasteiger partial charge in [0.1, 0.15) is 5.82 Å². The van der Waals surface area contributed by atoms with E-state index in [1.165, 1.54) is 12.1 Å². The van der Waals surface area contributed by atoms with Gasteiger partial charge in [-0.15, -0.1) is 0 Å². The second kappa shape index (κ2) is 6.47. The summed E-state index contributed by atoms with van der Waals surface area (Å²) in [6, 6.07) is 12.7. The first-order chi connectivity index (χ1) is 10.1. The zero-order valence-electron chi connectivity index (χ0n) is 10.9. The molecule has 2 aromatic carbocycles. The van der Waals surface area contributed by atoms with Gasteiger partial charge in [0, 0.05) is 22.9 Å². The zero-order chi connectivity index (χ0) is 15.2. The summed E-state index contributed by atoms with van der Waals surface area (Å²) < 4.78 is 13.8. The summed E-state index contributed by atoms with van der Waals surface area (Å²) >= 11 is 0. The van der Waals surface area contributed by atoms with Gasteiger partial charge in [-0.1, -0.05) is 24.3 Å². The Morgan fingerprint density at radius 1 is 1.10 bits per heavy atom. The van der Waals surface area contributed by atoms with Crippen LogP contribution in [0.1, 0.15) is 15.9 Å². The van der Waals surface area contributed by atoms with Crippen molar-refractivity contribution in [2.75, 3.05) is 5.32 Å². The Labute approximate surface area is 120 Å². The minimum atomic E-state index is -1.17. The normalized spacial score (nSPS) is 10.5. The number of nitrogens with one attached hydrogen (secondary N) is 1. The van der Waals surface area contributed by atoms with Crippen LogP contribution in [0, 0.1) is 5.82 Å². The average molecular weight is 285 g/mol. The van der Waals surface area contributed by atoms with Crippen LogP contribution in [0.15, 0.2) is 54.6 Å². The number of carbonyl (C=O) groups excluding carboxylic acids is 1. The summed E-state index contributed by atoms with van der Waals surface area (Å²) in [5.41, 5.74) is 0.871. The van der Waals surface area contributed by atoms with Crippen molar-refractivity contribution >= 4 is 23.6 Å². The number of para-hydroxylation sites is 1. The van der Waals surface area contributed by atoms with E-state index in [0.29, 0.717) is 5.69 Å². The second-order valence-electron chi connectivity index (χ2n) is 4.23. The Kier molecular flexibility index (Phi) is 4.46. The summed E-state index contributed by atoms with van der Waals surface area (Å²) in [7, 11) is 0. The fraction of sp³-hybridized carbons (Fsp3) is 0. The molecule has 0 aliphatic rings. The Balaban J connectivity index is 2.16. The largest absolute Gasteiger partial charge is 0.478 e. The zero-order valence-corrected chi connectivity index (χ0v) is 10.9. The lowest BCUT2D eigenvalue weighted by molar-refractivity contribution is -0.131. The molecule has 2 aromatic rings. The number of aliphatic carboxylic acids is 1. The fourth-order valence-corrected chi connectivity index (χ4v) is 1.69. The van der Waals surface area contributed by atoms with Crippen LogP contribution in [0.3, 0.4) is 0 Å². The first kappa shape index (κ1) is 14.5. The molecule has 106 valence electrons. The van der Waals surface area contributed by atoms with Crippen molar-refractivity contribution in [2.24, 2.45) is 0 Å². The van der Waals surface area contributed by atoms with Crippen LogP contribution in [0.4, 0.5) is 10.1 Å².